The summed E-state index contributed by atoms with van der Waals surface area (Å²) in [4.78, 5) is 50.7. The summed E-state index contributed by atoms with van der Waals surface area (Å²) in [5.74, 6) is 0.359. The molecule has 3 heterocycles. The monoisotopic (exact) mass is 547 g/mol. The number of likely N-dealkylation sites (tertiary alicyclic amines) is 1. The van der Waals surface area contributed by atoms with Gasteiger partial charge in [-0.05, 0) is 49.9 Å². The summed E-state index contributed by atoms with van der Waals surface area (Å²) in [5, 5.41) is 1.03. The Morgan fingerprint density at radius 1 is 0.923 bits per heavy atom. The van der Waals surface area contributed by atoms with Crippen molar-refractivity contribution in [1.29, 1.82) is 0 Å². The number of carbonyl (C=O) groups excluding carboxylic acids is 2. The fourth-order valence-corrected chi connectivity index (χ4v) is 6.55. The number of hydrogen-bond acceptors (Lipinski definition) is 6. The smallest absolute Gasteiger partial charge is 0.262 e. The zero-order valence-corrected chi connectivity index (χ0v) is 23.4. The molecule has 2 aromatic carbocycles. The van der Waals surface area contributed by atoms with Crippen LogP contribution in [0.1, 0.15) is 39.0 Å². The predicted octanol–water partition coefficient (Wildman–Crippen LogP) is 4.02. The molecule has 39 heavy (non-hydrogen) atoms. The summed E-state index contributed by atoms with van der Waals surface area (Å²) < 4.78 is 1.59. The Bertz CT molecular complexity index is 1350. The maximum absolute atomic E-state index is 13.5. The highest BCUT2D eigenvalue weighted by atomic mass is 32.2. The van der Waals surface area contributed by atoms with Gasteiger partial charge in [0.1, 0.15) is 0 Å². The fourth-order valence-electron chi connectivity index (χ4n) is 5.64. The van der Waals surface area contributed by atoms with Crippen LogP contribution in [-0.4, -0.2) is 75.7 Å². The Labute approximate surface area is 234 Å². The van der Waals surface area contributed by atoms with Crippen LogP contribution in [-0.2, 0) is 16.1 Å². The number of nitrogens with zero attached hydrogens (tertiary/aromatic N) is 5. The van der Waals surface area contributed by atoms with E-state index in [1.165, 1.54) is 17.4 Å². The number of hydrogen-bond donors (Lipinski definition) is 0. The zero-order chi connectivity index (χ0) is 27.2. The third-order valence-corrected chi connectivity index (χ3v) is 8.83. The van der Waals surface area contributed by atoms with Gasteiger partial charge < -0.3 is 14.7 Å². The van der Waals surface area contributed by atoms with E-state index in [4.69, 9.17) is 4.98 Å². The maximum atomic E-state index is 13.5. The van der Waals surface area contributed by atoms with Gasteiger partial charge in [-0.15, -0.1) is 0 Å². The number of anilines is 1. The van der Waals surface area contributed by atoms with E-state index >= 15 is 0 Å². The molecule has 0 bridgehead atoms. The Kier molecular flexibility index (Phi) is 8.86. The second kappa shape index (κ2) is 12.7. The van der Waals surface area contributed by atoms with Crippen LogP contribution >= 0.6 is 11.8 Å². The zero-order valence-electron chi connectivity index (χ0n) is 22.6. The number of aromatic nitrogens is 2. The first-order valence-corrected chi connectivity index (χ1v) is 15.0. The van der Waals surface area contributed by atoms with Crippen molar-refractivity contribution in [2.45, 2.75) is 56.8 Å². The predicted molar refractivity (Wildman–Crippen MR) is 156 cm³/mol. The summed E-state index contributed by atoms with van der Waals surface area (Å²) in [7, 11) is 0. The highest BCUT2D eigenvalue weighted by Crippen LogP contribution is 2.24. The molecule has 2 aliphatic rings. The summed E-state index contributed by atoms with van der Waals surface area (Å²) in [6, 6.07) is 17.8. The lowest BCUT2D eigenvalue weighted by Crippen LogP contribution is -2.49. The van der Waals surface area contributed by atoms with Crippen molar-refractivity contribution >= 4 is 40.2 Å². The van der Waals surface area contributed by atoms with Crippen molar-refractivity contribution in [3.8, 4) is 0 Å². The Morgan fingerprint density at radius 3 is 2.44 bits per heavy atom. The van der Waals surface area contributed by atoms with E-state index in [2.05, 4.69) is 24.0 Å². The minimum absolute atomic E-state index is 0.0360. The second-order valence-corrected chi connectivity index (χ2v) is 11.2. The van der Waals surface area contributed by atoms with Crippen LogP contribution < -0.4 is 10.5 Å². The number of piperazine rings is 1. The van der Waals surface area contributed by atoms with Crippen molar-refractivity contribution in [1.82, 2.24) is 19.4 Å². The quantitative estimate of drug-likeness (QED) is 0.313. The van der Waals surface area contributed by atoms with Gasteiger partial charge in [0.05, 0.1) is 16.7 Å². The molecule has 3 aromatic rings. The number of thioether (sulfide) groups is 1. The molecule has 2 aliphatic heterocycles. The van der Waals surface area contributed by atoms with Gasteiger partial charge >= 0.3 is 0 Å². The van der Waals surface area contributed by atoms with Crippen molar-refractivity contribution in [2.24, 2.45) is 0 Å². The number of amides is 2. The van der Waals surface area contributed by atoms with Gasteiger partial charge in [0.2, 0.25) is 11.8 Å². The average molecular weight is 548 g/mol. The average Bonchev–Trinajstić information content (AvgIpc) is 3.00. The molecule has 2 fully saturated rings. The Balaban J connectivity index is 1.26. The molecule has 2 saturated heterocycles. The highest BCUT2D eigenvalue weighted by Gasteiger charge is 2.26. The van der Waals surface area contributed by atoms with Crippen LogP contribution in [0.15, 0.2) is 64.5 Å². The second-order valence-electron chi connectivity index (χ2n) is 10.3. The van der Waals surface area contributed by atoms with Crippen LogP contribution in [0.2, 0.25) is 0 Å². The van der Waals surface area contributed by atoms with Crippen LogP contribution in [0.5, 0.6) is 0 Å². The minimum atomic E-state index is -0.165. The van der Waals surface area contributed by atoms with Gasteiger partial charge in [-0.2, -0.15) is 0 Å². The first-order valence-electron chi connectivity index (χ1n) is 14.0. The molecule has 0 saturated carbocycles. The molecule has 8 nitrogen and oxygen atoms in total. The molecule has 0 unspecified atom stereocenters. The number of piperidine rings is 1. The lowest BCUT2D eigenvalue weighted by molar-refractivity contribution is -0.132. The van der Waals surface area contributed by atoms with Crippen LogP contribution in [0.3, 0.4) is 0 Å². The van der Waals surface area contributed by atoms with E-state index in [1.807, 2.05) is 46.2 Å². The SMILES string of the molecule is CC[C@H]1CCCCN1C(=O)CSc1nc2ccccc2c(=O)n1CCC(=O)N1CCN(c2ccccc2)CC1. The first kappa shape index (κ1) is 27.2. The van der Waals surface area contributed by atoms with Crippen LogP contribution in [0.25, 0.3) is 10.9 Å². The minimum Gasteiger partial charge on any atom is -0.368 e. The molecule has 0 aliphatic carbocycles. The van der Waals surface area contributed by atoms with E-state index < -0.39 is 0 Å². The molecular weight excluding hydrogens is 510 g/mol. The molecule has 0 radical (unpaired) electrons. The molecule has 0 N–H and O–H groups in total. The summed E-state index contributed by atoms with van der Waals surface area (Å²) in [5.41, 5.74) is 1.62. The maximum Gasteiger partial charge on any atom is 0.262 e. The summed E-state index contributed by atoms with van der Waals surface area (Å²) >= 11 is 1.30. The van der Waals surface area contributed by atoms with Gasteiger partial charge in [-0.1, -0.05) is 49.0 Å². The topological polar surface area (TPSA) is 78.8 Å². The number of carbonyl (C=O) groups is 2. The van der Waals surface area contributed by atoms with Gasteiger partial charge in [-0.3, -0.25) is 19.0 Å². The molecule has 206 valence electrons. The largest absolute Gasteiger partial charge is 0.368 e. The van der Waals surface area contributed by atoms with Crippen LogP contribution in [0, 0.1) is 0 Å². The van der Waals surface area contributed by atoms with Gasteiger partial charge in [0, 0.05) is 57.4 Å². The molecule has 9 heteroatoms. The number of rotatable bonds is 8. The summed E-state index contributed by atoms with van der Waals surface area (Å²) in [6.07, 6.45) is 4.42. The molecule has 1 atom stereocenters. The first-order chi connectivity index (χ1) is 19.0. The van der Waals surface area contributed by atoms with E-state index in [1.54, 1.807) is 10.6 Å². The van der Waals surface area contributed by atoms with E-state index in [9.17, 15) is 14.4 Å². The third-order valence-electron chi connectivity index (χ3n) is 7.87. The van der Waals surface area contributed by atoms with E-state index in [0.717, 1.165) is 45.3 Å². The molecular formula is C30H37N5O3S. The molecule has 1 aromatic heterocycles. The van der Waals surface area contributed by atoms with Gasteiger partial charge in [-0.25, -0.2) is 4.98 Å². The normalized spacial score (nSPS) is 18.0. The number of para-hydroxylation sites is 2. The fraction of sp³-hybridized carbons (Fsp3) is 0.467. The highest BCUT2D eigenvalue weighted by molar-refractivity contribution is 7.99. The number of benzene rings is 2. The standard InChI is InChI=1S/C30H37N5O3S/c1-2-23-10-8-9-16-34(23)28(37)22-39-30-31-26-14-7-6-13-25(26)29(38)35(30)17-15-27(36)33-20-18-32(19-21-33)24-11-4-3-5-12-24/h3-7,11-14,23H,2,8-10,15-22H2,1H3/t23-/m0/s1. The molecule has 0 spiro atoms. The van der Waals surface area contributed by atoms with E-state index in [-0.39, 0.29) is 36.1 Å². The lowest BCUT2D eigenvalue weighted by atomic mass is 10.0. The lowest BCUT2D eigenvalue weighted by Gasteiger charge is -2.36. The van der Waals surface area contributed by atoms with E-state index in [0.29, 0.717) is 35.2 Å². The Morgan fingerprint density at radius 2 is 1.67 bits per heavy atom. The van der Waals surface area contributed by atoms with Gasteiger partial charge in [0.15, 0.2) is 5.16 Å². The Hall–Kier alpha value is -3.33. The van der Waals surface area contributed by atoms with Crippen molar-refractivity contribution in [2.75, 3.05) is 43.4 Å². The van der Waals surface area contributed by atoms with Gasteiger partial charge in [0.25, 0.3) is 5.56 Å². The molecule has 2 amide bonds. The van der Waals surface area contributed by atoms with Crippen LogP contribution in [0.4, 0.5) is 5.69 Å². The van der Waals surface area contributed by atoms with Crippen molar-refractivity contribution < 1.29 is 9.59 Å². The summed E-state index contributed by atoms with van der Waals surface area (Å²) in [6.45, 7) is 6.04. The van der Waals surface area contributed by atoms with Crippen molar-refractivity contribution in [3.63, 3.8) is 0 Å². The third kappa shape index (κ3) is 6.30. The van der Waals surface area contributed by atoms with Crippen molar-refractivity contribution in [3.05, 3.63) is 65.0 Å². The number of fused-ring (bicyclic) bond motifs is 1. The molecule has 5 rings (SSSR count).